The van der Waals surface area contributed by atoms with Gasteiger partial charge in [0.25, 0.3) is 5.91 Å². The molecule has 134 valence electrons. The highest BCUT2D eigenvalue weighted by Gasteiger charge is 2.20. The Labute approximate surface area is 162 Å². The lowest BCUT2D eigenvalue weighted by molar-refractivity contribution is -0.119. The van der Waals surface area contributed by atoms with Gasteiger partial charge in [-0.05, 0) is 47.1 Å². The van der Waals surface area contributed by atoms with Gasteiger partial charge in [-0.1, -0.05) is 15.9 Å². The molecule has 0 unspecified atom stereocenters. The summed E-state index contributed by atoms with van der Waals surface area (Å²) in [5.74, 6) is 0.566. The predicted octanol–water partition coefficient (Wildman–Crippen LogP) is 3.03. The second-order valence-electron chi connectivity index (χ2n) is 5.09. The highest BCUT2D eigenvalue weighted by atomic mass is 79.9. The van der Waals surface area contributed by atoms with E-state index in [0.717, 1.165) is 19.5 Å². The summed E-state index contributed by atoms with van der Waals surface area (Å²) >= 11 is 6.58. The number of benzene rings is 1. The van der Waals surface area contributed by atoms with E-state index in [2.05, 4.69) is 42.4 Å². The van der Waals surface area contributed by atoms with E-state index in [1.807, 2.05) is 0 Å². The van der Waals surface area contributed by atoms with Crippen molar-refractivity contribution in [3.05, 3.63) is 50.8 Å². The van der Waals surface area contributed by atoms with Crippen LogP contribution in [-0.4, -0.2) is 33.3 Å². The van der Waals surface area contributed by atoms with Crippen LogP contribution in [0.15, 0.2) is 48.8 Å². The molecular formula is C15H15Br2N3O4S. The van der Waals surface area contributed by atoms with Crippen molar-refractivity contribution in [2.24, 2.45) is 5.10 Å². The monoisotopic (exact) mass is 491 g/mol. The predicted molar refractivity (Wildman–Crippen MR) is 103 cm³/mol. The minimum Gasteiger partial charge on any atom is -0.459 e. The molecule has 10 heteroatoms. The van der Waals surface area contributed by atoms with E-state index in [1.54, 1.807) is 37.3 Å². The number of aryl methyl sites for hydroxylation is 1. The number of hydrogen-bond donors (Lipinski definition) is 1. The lowest BCUT2D eigenvalue weighted by Crippen LogP contribution is -2.38. The number of hydrogen-bond acceptors (Lipinski definition) is 5. The third-order valence-corrected chi connectivity index (χ3v) is 5.52. The summed E-state index contributed by atoms with van der Waals surface area (Å²) in [6, 6.07) is 8.30. The molecule has 25 heavy (non-hydrogen) atoms. The molecule has 0 aliphatic heterocycles. The zero-order chi connectivity index (χ0) is 18.6. The largest absolute Gasteiger partial charge is 0.459 e. The molecule has 1 aromatic carbocycles. The van der Waals surface area contributed by atoms with Gasteiger partial charge in [0.1, 0.15) is 18.1 Å². The second kappa shape index (κ2) is 8.15. The fraction of sp³-hybridized carbons (Fsp3) is 0.200. The van der Waals surface area contributed by atoms with Crippen molar-refractivity contribution in [3.8, 4) is 0 Å². The van der Waals surface area contributed by atoms with E-state index in [9.17, 15) is 13.2 Å². The Hall–Kier alpha value is -1.65. The molecule has 0 fully saturated rings. The average Bonchev–Trinajstić information content (AvgIpc) is 2.83. The lowest BCUT2D eigenvalue weighted by atomic mass is 10.3. The maximum absolute atomic E-state index is 12.0. The molecule has 2 rings (SSSR count). The molecule has 0 aliphatic rings. The zero-order valence-electron chi connectivity index (χ0n) is 13.4. The number of nitrogens with zero attached hydrogens (tertiary/aromatic N) is 2. The van der Waals surface area contributed by atoms with Crippen molar-refractivity contribution in [2.75, 3.05) is 17.1 Å². The number of furan rings is 1. The van der Waals surface area contributed by atoms with Crippen molar-refractivity contribution >= 4 is 59.7 Å². The lowest BCUT2D eigenvalue weighted by Gasteiger charge is -2.21. The fourth-order valence-electron chi connectivity index (χ4n) is 1.89. The van der Waals surface area contributed by atoms with Crippen molar-refractivity contribution in [2.45, 2.75) is 6.92 Å². The molecule has 0 saturated carbocycles. The first-order chi connectivity index (χ1) is 11.7. The Kier molecular flexibility index (Phi) is 6.42. The smallest absolute Gasteiger partial charge is 0.260 e. The molecule has 0 saturated heterocycles. The summed E-state index contributed by atoms with van der Waals surface area (Å²) in [6.45, 7) is 1.39. The van der Waals surface area contributed by atoms with Gasteiger partial charge in [0, 0.05) is 10.5 Å². The van der Waals surface area contributed by atoms with Crippen LogP contribution >= 0.6 is 31.9 Å². The normalized spacial score (nSPS) is 11.7. The summed E-state index contributed by atoms with van der Waals surface area (Å²) < 4.78 is 31.9. The van der Waals surface area contributed by atoms with Crippen LogP contribution in [-0.2, 0) is 14.8 Å². The van der Waals surface area contributed by atoms with Crippen molar-refractivity contribution in [1.82, 2.24) is 5.43 Å². The molecule has 2 aromatic rings. The highest BCUT2D eigenvalue weighted by Crippen LogP contribution is 2.21. The SMILES string of the molecule is Cc1oc(/C=N\NC(=O)CN(c2ccc(Br)cc2)S(C)(=O)=O)cc1Br. The third-order valence-electron chi connectivity index (χ3n) is 3.06. The number of hydrazone groups is 1. The van der Waals surface area contributed by atoms with E-state index in [0.29, 0.717) is 17.2 Å². The number of halogens is 2. The summed E-state index contributed by atoms with van der Waals surface area (Å²) in [5.41, 5.74) is 2.67. The Balaban J connectivity index is 2.06. The first kappa shape index (κ1) is 19.7. The van der Waals surface area contributed by atoms with Crippen molar-refractivity contribution < 1.29 is 17.6 Å². The van der Waals surface area contributed by atoms with Gasteiger partial charge >= 0.3 is 0 Å². The number of nitrogens with one attached hydrogen (secondary N) is 1. The van der Waals surface area contributed by atoms with Crippen LogP contribution in [0, 0.1) is 6.92 Å². The van der Waals surface area contributed by atoms with E-state index in [4.69, 9.17) is 4.42 Å². The molecular weight excluding hydrogens is 478 g/mol. The molecule has 1 aromatic heterocycles. The van der Waals surface area contributed by atoms with Gasteiger partial charge in [0.2, 0.25) is 10.0 Å². The molecule has 0 spiro atoms. The molecule has 0 aliphatic carbocycles. The fourth-order valence-corrected chi connectivity index (χ4v) is 3.31. The van der Waals surface area contributed by atoms with E-state index >= 15 is 0 Å². The first-order valence-corrected chi connectivity index (χ1v) is 10.4. The molecule has 1 heterocycles. The van der Waals surface area contributed by atoms with E-state index in [-0.39, 0.29) is 0 Å². The van der Waals surface area contributed by atoms with Crippen LogP contribution in [0.3, 0.4) is 0 Å². The Morgan fingerprint density at radius 2 is 1.96 bits per heavy atom. The van der Waals surface area contributed by atoms with Gasteiger partial charge in [-0.3, -0.25) is 9.10 Å². The molecule has 1 amide bonds. The van der Waals surface area contributed by atoms with Crippen LogP contribution in [0.2, 0.25) is 0 Å². The quantitative estimate of drug-likeness (QED) is 0.495. The van der Waals surface area contributed by atoms with Crippen molar-refractivity contribution in [3.63, 3.8) is 0 Å². The Morgan fingerprint density at radius 3 is 2.48 bits per heavy atom. The van der Waals surface area contributed by atoms with Gasteiger partial charge in [0.05, 0.1) is 22.6 Å². The van der Waals surface area contributed by atoms with Gasteiger partial charge in [-0.2, -0.15) is 5.10 Å². The zero-order valence-corrected chi connectivity index (χ0v) is 17.4. The maximum Gasteiger partial charge on any atom is 0.260 e. The van der Waals surface area contributed by atoms with Crippen LogP contribution in [0.25, 0.3) is 0 Å². The van der Waals surface area contributed by atoms with Gasteiger partial charge in [-0.25, -0.2) is 13.8 Å². The van der Waals surface area contributed by atoms with Crippen molar-refractivity contribution in [1.29, 1.82) is 0 Å². The van der Waals surface area contributed by atoms with Crippen LogP contribution in [0.1, 0.15) is 11.5 Å². The number of carbonyl (C=O) groups excluding carboxylic acids is 1. The van der Waals surface area contributed by atoms with E-state index in [1.165, 1.54) is 6.21 Å². The molecule has 1 N–H and O–H groups in total. The van der Waals surface area contributed by atoms with Crippen LogP contribution in [0.4, 0.5) is 5.69 Å². The Bertz CT molecular complexity index is 873. The van der Waals surface area contributed by atoms with Crippen LogP contribution < -0.4 is 9.73 Å². The third kappa shape index (κ3) is 5.68. The number of carbonyl (C=O) groups is 1. The molecule has 0 bridgehead atoms. The number of amides is 1. The van der Waals surface area contributed by atoms with Gasteiger partial charge in [-0.15, -0.1) is 0 Å². The first-order valence-electron chi connectivity index (χ1n) is 6.98. The molecule has 7 nitrogen and oxygen atoms in total. The van der Waals surface area contributed by atoms with E-state index < -0.39 is 22.5 Å². The average molecular weight is 493 g/mol. The summed E-state index contributed by atoms with van der Waals surface area (Å²) in [4.78, 5) is 12.0. The topological polar surface area (TPSA) is 92.0 Å². The second-order valence-corrected chi connectivity index (χ2v) is 8.77. The Morgan fingerprint density at radius 1 is 1.32 bits per heavy atom. The highest BCUT2D eigenvalue weighted by molar-refractivity contribution is 9.10. The summed E-state index contributed by atoms with van der Waals surface area (Å²) in [6.07, 6.45) is 2.37. The number of anilines is 1. The maximum atomic E-state index is 12.0. The number of sulfonamides is 1. The molecule has 0 radical (unpaired) electrons. The van der Waals surface area contributed by atoms with Gasteiger partial charge in [0.15, 0.2) is 0 Å². The summed E-state index contributed by atoms with van der Waals surface area (Å²) in [7, 11) is -3.62. The van der Waals surface area contributed by atoms with Crippen LogP contribution in [0.5, 0.6) is 0 Å². The standard InChI is InChI=1S/C15H15Br2N3O4S/c1-10-14(17)7-13(24-10)8-18-19-15(21)9-20(25(2,22)23)12-5-3-11(16)4-6-12/h3-8H,9H2,1-2H3,(H,19,21)/b18-8-. The minimum absolute atomic E-state index is 0.385. The summed E-state index contributed by atoms with van der Waals surface area (Å²) in [5, 5.41) is 3.77. The van der Waals surface area contributed by atoms with Gasteiger partial charge < -0.3 is 4.42 Å². The number of rotatable bonds is 6. The minimum atomic E-state index is -3.62. The molecule has 0 atom stereocenters.